The van der Waals surface area contributed by atoms with Crippen LogP contribution in [0, 0.1) is 5.92 Å². The fourth-order valence-corrected chi connectivity index (χ4v) is 3.51. The summed E-state index contributed by atoms with van der Waals surface area (Å²) in [5.41, 5.74) is 1.82. The Kier molecular flexibility index (Phi) is 9.10. The molecule has 5 heteroatoms. The number of benzene rings is 1. The Balaban J connectivity index is 1.38. The van der Waals surface area contributed by atoms with Crippen LogP contribution in [0.15, 0.2) is 65.8 Å². The number of aliphatic hydroxyl groups is 1. The average molecular weight is 424 g/mol. The molecule has 1 fully saturated rings. The van der Waals surface area contributed by atoms with Crippen molar-refractivity contribution in [2.75, 3.05) is 13.2 Å². The van der Waals surface area contributed by atoms with Gasteiger partial charge in [0.2, 0.25) is 5.91 Å². The second kappa shape index (κ2) is 12.3. The highest BCUT2D eigenvalue weighted by Crippen LogP contribution is 2.28. The zero-order chi connectivity index (χ0) is 21.9. The first kappa shape index (κ1) is 23.0. The van der Waals surface area contributed by atoms with Crippen LogP contribution in [-0.4, -0.2) is 36.1 Å². The number of nitrogens with one attached hydrogen (secondary N) is 1. The van der Waals surface area contributed by atoms with E-state index in [1.165, 1.54) is 12.8 Å². The minimum absolute atomic E-state index is 0.135. The van der Waals surface area contributed by atoms with Gasteiger partial charge < -0.3 is 15.2 Å². The topological polar surface area (TPSA) is 75.6 Å². The van der Waals surface area contributed by atoms with Gasteiger partial charge in [-0.15, -0.1) is 0 Å². The molecule has 0 unspecified atom stereocenters. The van der Waals surface area contributed by atoms with Crippen LogP contribution in [0.4, 0.5) is 0 Å². The molecule has 1 aromatic rings. The van der Waals surface area contributed by atoms with E-state index in [0.29, 0.717) is 31.6 Å². The van der Waals surface area contributed by atoms with Gasteiger partial charge in [-0.05, 0) is 62.1 Å². The molecule has 1 aromatic carbocycles. The summed E-state index contributed by atoms with van der Waals surface area (Å²) in [5.74, 6) is 1.74. The first-order valence-electron chi connectivity index (χ1n) is 11.3. The van der Waals surface area contributed by atoms with Gasteiger partial charge >= 0.3 is 0 Å². The van der Waals surface area contributed by atoms with Crippen molar-refractivity contribution in [3.8, 4) is 5.75 Å². The standard InChI is InChI=1S/C26H33NO4/c28-22(19-31-23-8-4-3-5-9-23)16-14-21-15-17-25(29)24(21)10-6-1-2-7-11-26(30)27-18-20-12-13-20/h1,3-6,8-9,14,16,20,22,28H,2,7,10-13,15,17-19H2,(H,27,30)/b6-1-,16-14+/t22-/m1/s1. The van der Waals surface area contributed by atoms with Crippen molar-refractivity contribution in [3.05, 3.63) is 65.8 Å². The van der Waals surface area contributed by atoms with Gasteiger partial charge in [-0.3, -0.25) is 9.59 Å². The summed E-state index contributed by atoms with van der Waals surface area (Å²) >= 11 is 0. The summed E-state index contributed by atoms with van der Waals surface area (Å²) in [6.45, 7) is 1.000. The van der Waals surface area contributed by atoms with E-state index in [0.717, 1.165) is 36.3 Å². The van der Waals surface area contributed by atoms with E-state index in [-0.39, 0.29) is 18.3 Å². The predicted octanol–water partition coefficient (Wildman–Crippen LogP) is 4.28. The van der Waals surface area contributed by atoms with Crippen molar-refractivity contribution in [2.24, 2.45) is 5.92 Å². The molecule has 1 atom stereocenters. The molecular formula is C26H33NO4. The number of Topliss-reactive ketones (excluding diaryl/α,β-unsaturated/α-hetero) is 1. The molecule has 166 valence electrons. The van der Waals surface area contributed by atoms with Crippen molar-refractivity contribution in [2.45, 2.75) is 57.5 Å². The van der Waals surface area contributed by atoms with Crippen LogP contribution >= 0.6 is 0 Å². The number of ketones is 1. The van der Waals surface area contributed by atoms with E-state index >= 15 is 0 Å². The third-order valence-corrected chi connectivity index (χ3v) is 5.58. The van der Waals surface area contributed by atoms with Gasteiger partial charge in [0, 0.05) is 25.0 Å². The van der Waals surface area contributed by atoms with Crippen LogP contribution in [0.3, 0.4) is 0 Å². The number of hydrogen-bond acceptors (Lipinski definition) is 4. The quantitative estimate of drug-likeness (QED) is 0.367. The highest BCUT2D eigenvalue weighted by molar-refractivity contribution is 5.99. The minimum atomic E-state index is -0.730. The normalized spacial score (nSPS) is 17.6. The van der Waals surface area contributed by atoms with Gasteiger partial charge in [0.15, 0.2) is 5.78 Å². The lowest BCUT2D eigenvalue weighted by Gasteiger charge is -2.09. The molecule has 0 bridgehead atoms. The largest absolute Gasteiger partial charge is 0.491 e. The molecule has 2 aliphatic carbocycles. The van der Waals surface area contributed by atoms with Crippen molar-refractivity contribution >= 4 is 11.7 Å². The summed E-state index contributed by atoms with van der Waals surface area (Å²) in [6.07, 6.45) is 13.4. The molecule has 2 N–H and O–H groups in total. The van der Waals surface area contributed by atoms with Crippen LogP contribution in [0.5, 0.6) is 5.75 Å². The number of carbonyl (C=O) groups is 2. The van der Waals surface area contributed by atoms with Crippen LogP contribution in [0.1, 0.15) is 51.4 Å². The third kappa shape index (κ3) is 8.54. The summed E-state index contributed by atoms with van der Waals surface area (Å²) in [7, 11) is 0. The number of para-hydroxylation sites is 1. The average Bonchev–Trinajstić information content (AvgIpc) is 3.55. The van der Waals surface area contributed by atoms with Gasteiger partial charge in [-0.25, -0.2) is 0 Å². The van der Waals surface area contributed by atoms with Gasteiger partial charge in [0.25, 0.3) is 0 Å². The fraction of sp³-hybridized carbons (Fsp3) is 0.462. The van der Waals surface area contributed by atoms with Crippen molar-refractivity contribution in [1.29, 1.82) is 0 Å². The minimum Gasteiger partial charge on any atom is -0.491 e. The summed E-state index contributed by atoms with van der Waals surface area (Å²) in [5, 5.41) is 13.1. The first-order chi connectivity index (χ1) is 15.1. The van der Waals surface area contributed by atoms with Gasteiger partial charge in [0.1, 0.15) is 18.5 Å². The van der Waals surface area contributed by atoms with Crippen molar-refractivity contribution < 1.29 is 19.4 Å². The predicted molar refractivity (Wildman–Crippen MR) is 122 cm³/mol. The number of hydrogen-bond donors (Lipinski definition) is 2. The molecule has 0 heterocycles. The van der Waals surface area contributed by atoms with Crippen LogP contribution < -0.4 is 10.1 Å². The lowest BCUT2D eigenvalue weighted by molar-refractivity contribution is -0.121. The Morgan fingerprint density at radius 2 is 2.00 bits per heavy atom. The number of ether oxygens (including phenoxy) is 1. The maximum atomic E-state index is 12.2. The lowest BCUT2D eigenvalue weighted by atomic mass is 10.1. The highest BCUT2D eigenvalue weighted by Gasteiger charge is 2.21. The molecule has 0 aliphatic heterocycles. The molecule has 2 aliphatic rings. The van der Waals surface area contributed by atoms with Gasteiger partial charge in [-0.1, -0.05) is 42.5 Å². The van der Waals surface area contributed by atoms with Crippen LogP contribution in [-0.2, 0) is 9.59 Å². The Morgan fingerprint density at radius 3 is 2.77 bits per heavy atom. The number of rotatable bonds is 13. The van der Waals surface area contributed by atoms with Crippen molar-refractivity contribution in [1.82, 2.24) is 5.32 Å². The summed E-state index contributed by atoms with van der Waals surface area (Å²) < 4.78 is 5.56. The van der Waals surface area contributed by atoms with E-state index in [9.17, 15) is 14.7 Å². The zero-order valence-electron chi connectivity index (χ0n) is 18.1. The maximum absolute atomic E-state index is 12.2. The molecule has 31 heavy (non-hydrogen) atoms. The van der Waals surface area contributed by atoms with E-state index in [1.807, 2.05) is 42.5 Å². The van der Waals surface area contributed by atoms with E-state index in [2.05, 4.69) is 11.4 Å². The Morgan fingerprint density at radius 1 is 1.19 bits per heavy atom. The van der Waals surface area contributed by atoms with Crippen molar-refractivity contribution in [3.63, 3.8) is 0 Å². The van der Waals surface area contributed by atoms with Crippen LogP contribution in [0.2, 0.25) is 0 Å². The summed E-state index contributed by atoms with van der Waals surface area (Å²) in [4.78, 5) is 23.9. The molecule has 0 aromatic heterocycles. The second-order valence-corrected chi connectivity index (χ2v) is 8.29. The van der Waals surface area contributed by atoms with E-state index < -0.39 is 6.10 Å². The molecule has 5 nitrogen and oxygen atoms in total. The molecular weight excluding hydrogens is 390 g/mol. The van der Waals surface area contributed by atoms with Gasteiger partial charge in [0.05, 0.1) is 0 Å². The Labute approximate surface area is 184 Å². The fourth-order valence-electron chi connectivity index (χ4n) is 3.51. The second-order valence-electron chi connectivity index (χ2n) is 8.29. The SMILES string of the molecule is O=C(CCC/C=C\CC1=C(/C=C/[C@@H](O)COc2ccccc2)CCC1=O)NCC1CC1. The number of carbonyl (C=O) groups excluding carboxylic acids is 2. The molecule has 1 amide bonds. The molecule has 0 spiro atoms. The smallest absolute Gasteiger partial charge is 0.220 e. The molecule has 0 radical (unpaired) electrons. The Bertz CT molecular complexity index is 821. The monoisotopic (exact) mass is 423 g/mol. The van der Waals surface area contributed by atoms with Crippen LogP contribution in [0.25, 0.3) is 0 Å². The number of allylic oxidation sites excluding steroid dienone is 5. The zero-order valence-corrected chi connectivity index (χ0v) is 18.1. The lowest BCUT2D eigenvalue weighted by Crippen LogP contribution is -2.24. The Hall–Kier alpha value is -2.66. The first-order valence-corrected chi connectivity index (χ1v) is 11.3. The van der Waals surface area contributed by atoms with Gasteiger partial charge in [-0.2, -0.15) is 0 Å². The molecule has 0 saturated heterocycles. The third-order valence-electron chi connectivity index (χ3n) is 5.58. The highest BCUT2D eigenvalue weighted by atomic mass is 16.5. The summed E-state index contributed by atoms with van der Waals surface area (Å²) in [6, 6.07) is 9.38. The number of amides is 1. The van der Waals surface area contributed by atoms with E-state index in [4.69, 9.17) is 4.74 Å². The molecule has 1 saturated carbocycles. The number of unbranched alkanes of at least 4 members (excludes halogenated alkanes) is 1. The van der Waals surface area contributed by atoms with E-state index in [1.54, 1.807) is 6.08 Å². The maximum Gasteiger partial charge on any atom is 0.220 e. The molecule has 3 rings (SSSR count). The number of aliphatic hydroxyl groups excluding tert-OH is 1.